The topological polar surface area (TPSA) is 77.8 Å². The summed E-state index contributed by atoms with van der Waals surface area (Å²) in [6.45, 7) is 1.96. The fraction of sp³-hybridized carbons (Fsp3) is 0.125. The smallest absolute Gasteiger partial charge is 0.277 e. The minimum absolute atomic E-state index is 0.0877. The van der Waals surface area contributed by atoms with Crippen LogP contribution < -0.4 is 0 Å². The van der Waals surface area contributed by atoms with Gasteiger partial charge in [0.05, 0.1) is 10.1 Å². The van der Waals surface area contributed by atoms with E-state index in [1.54, 1.807) is 11.3 Å². The van der Waals surface area contributed by atoms with Crippen molar-refractivity contribution >= 4 is 23.1 Å². The van der Waals surface area contributed by atoms with E-state index < -0.39 is 0 Å². The molecule has 6 nitrogen and oxygen atoms in total. The zero-order chi connectivity index (χ0) is 16.4. The predicted octanol–water partition coefficient (Wildman–Crippen LogP) is 4.70. The summed E-state index contributed by atoms with van der Waals surface area (Å²) in [5.74, 6) is 1.56. The largest absolute Gasteiger partial charge is 0.419 e. The molecule has 0 saturated carbocycles. The van der Waals surface area contributed by atoms with Gasteiger partial charge in [0.15, 0.2) is 0 Å². The van der Waals surface area contributed by atoms with Crippen molar-refractivity contribution in [3.8, 4) is 22.2 Å². The second-order valence-corrected chi connectivity index (χ2v) is 7.16. The third-order valence-electron chi connectivity index (χ3n) is 3.23. The first-order valence-electron chi connectivity index (χ1n) is 7.22. The summed E-state index contributed by atoms with van der Waals surface area (Å²) in [5.41, 5.74) is 0.891. The zero-order valence-corrected chi connectivity index (χ0v) is 14.3. The van der Waals surface area contributed by atoms with Crippen LogP contribution in [0.4, 0.5) is 0 Å². The Kier molecular flexibility index (Phi) is 4.14. The quantitative estimate of drug-likeness (QED) is 0.479. The van der Waals surface area contributed by atoms with E-state index in [2.05, 4.69) is 20.4 Å². The van der Waals surface area contributed by atoms with Gasteiger partial charge >= 0.3 is 0 Å². The Labute approximate surface area is 146 Å². The number of aromatic nitrogens is 4. The molecule has 0 aliphatic heterocycles. The standard InChI is InChI=1S/C16H12N4O2S2/c1-10(13-17-19-15(21-13)12-8-5-9-23-12)24-16-20-18-14(22-16)11-6-3-2-4-7-11/h2-10H,1H3. The van der Waals surface area contributed by atoms with Crippen LogP contribution in [0.1, 0.15) is 18.1 Å². The Morgan fingerprint density at radius 3 is 2.54 bits per heavy atom. The van der Waals surface area contributed by atoms with E-state index in [0.29, 0.717) is 22.9 Å². The van der Waals surface area contributed by atoms with Crippen LogP contribution in [0.5, 0.6) is 0 Å². The maximum Gasteiger partial charge on any atom is 0.277 e. The summed E-state index contributed by atoms with van der Waals surface area (Å²) in [4.78, 5) is 0.954. The molecule has 0 saturated heterocycles. The monoisotopic (exact) mass is 356 g/mol. The molecular formula is C16H12N4O2S2. The lowest BCUT2D eigenvalue weighted by Crippen LogP contribution is -1.88. The van der Waals surface area contributed by atoms with Gasteiger partial charge in [0.2, 0.25) is 11.8 Å². The van der Waals surface area contributed by atoms with Gasteiger partial charge < -0.3 is 8.83 Å². The summed E-state index contributed by atoms with van der Waals surface area (Å²) in [7, 11) is 0. The van der Waals surface area contributed by atoms with Crippen molar-refractivity contribution in [2.24, 2.45) is 0 Å². The fourth-order valence-electron chi connectivity index (χ4n) is 2.06. The van der Waals surface area contributed by atoms with Gasteiger partial charge in [-0.15, -0.1) is 31.7 Å². The van der Waals surface area contributed by atoms with Crippen LogP contribution in [0.3, 0.4) is 0 Å². The van der Waals surface area contributed by atoms with E-state index in [0.717, 1.165) is 10.4 Å². The average Bonchev–Trinajstić information content (AvgIpc) is 3.36. The third kappa shape index (κ3) is 3.10. The number of rotatable bonds is 5. The molecule has 0 N–H and O–H groups in total. The molecule has 0 fully saturated rings. The molecule has 4 rings (SSSR count). The van der Waals surface area contributed by atoms with Gasteiger partial charge in [0.25, 0.3) is 11.1 Å². The van der Waals surface area contributed by atoms with Crippen LogP contribution in [0, 0.1) is 0 Å². The lowest BCUT2D eigenvalue weighted by Gasteiger charge is -2.01. The summed E-state index contributed by atoms with van der Waals surface area (Å²) in [6.07, 6.45) is 0. The van der Waals surface area contributed by atoms with E-state index in [1.807, 2.05) is 54.8 Å². The molecule has 8 heteroatoms. The number of benzene rings is 1. The Hall–Kier alpha value is -2.45. The van der Waals surface area contributed by atoms with E-state index in [4.69, 9.17) is 8.83 Å². The molecular weight excluding hydrogens is 344 g/mol. The minimum atomic E-state index is -0.0877. The second-order valence-electron chi connectivity index (χ2n) is 4.92. The lowest BCUT2D eigenvalue weighted by molar-refractivity contribution is 0.461. The van der Waals surface area contributed by atoms with Gasteiger partial charge in [-0.3, -0.25) is 0 Å². The zero-order valence-electron chi connectivity index (χ0n) is 12.6. The number of hydrogen-bond acceptors (Lipinski definition) is 8. The van der Waals surface area contributed by atoms with Crippen LogP contribution in [-0.4, -0.2) is 20.4 Å². The maximum atomic E-state index is 5.73. The summed E-state index contributed by atoms with van der Waals surface area (Å²) < 4.78 is 11.4. The van der Waals surface area contributed by atoms with Crippen molar-refractivity contribution in [2.75, 3.05) is 0 Å². The third-order valence-corrected chi connectivity index (χ3v) is 5.00. The molecule has 1 unspecified atom stereocenters. The number of thiophene rings is 1. The molecule has 0 spiro atoms. The Morgan fingerprint density at radius 2 is 1.75 bits per heavy atom. The molecule has 120 valence electrons. The fourth-order valence-corrected chi connectivity index (χ4v) is 3.41. The lowest BCUT2D eigenvalue weighted by atomic mass is 10.2. The van der Waals surface area contributed by atoms with Crippen molar-refractivity contribution in [3.05, 3.63) is 53.7 Å². The van der Waals surface area contributed by atoms with Crippen molar-refractivity contribution in [2.45, 2.75) is 17.4 Å². The normalized spacial score (nSPS) is 12.4. The van der Waals surface area contributed by atoms with Crippen molar-refractivity contribution in [1.82, 2.24) is 20.4 Å². The highest BCUT2D eigenvalue weighted by Crippen LogP contribution is 2.35. The average molecular weight is 356 g/mol. The van der Waals surface area contributed by atoms with E-state index in [1.165, 1.54) is 11.8 Å². The number of nitrogens with zero attached hydrogens (tertiary/aromatic N) is 4. The summed E-state index contributed by atoms with van der Waals surface area (Å²) in [6, 6.07) is 13.6. The molecule has 0 radical (unpaired) electrons. The molecule has 1 aromatic carbocycles. The van der Waals surface area contributed by atoms with Crippen molar-refractivity contribution in [3.63, 3.8) is 0 Å². The van der Waals surface area contributed by atoms with Crippen LogP contribution >= 0.6 is 23.1 Å². The van der Waals surface area contributed by atoms with Crippen LogP contribution in [-0.2, 0) is 0 Å². The van der Waals surface area contributed by atoms with Gasteiger partial charge in [0, 0.05) is 5.56 Å². The second kappa shape index (κ2) is 6.58. The molecule has 3 heterocycles. The van der Waals surface area contributed by atoms with E-state index in [-0.39, 0.29) is 5.25 Å². The highest BCUT2D eigenvalue weighted by molar-refractivity contribution is 7.99. The highest BCUT2D eigenvalue weighted by atomic mass is 32.2. The minimum Gasteiger partial charge on any atom is -0.419 e. The maximum absolute atomic E-state index is 5.73. The van der Waals surface area contributed by atoms with Crippen LogP contribution in [0.2, 0.25) is 0 Å². The van der Waals surface area contributed by atoms with Gasteiger partial charge in [-0.2, -0.15) is 0 Å². The van der Waals surface area contributed by atoms with Crippen LogP contribution in [0.15, 0.2) is 61.9 Å². The highest BCUT2D eigenvalue weighted by Gasteiger charge is 2.20. The molecule has 4 aromatic rings. The van der Waals surface area contributed by atoms with Crippen LogP contribution in [0.25, 0.3) is 22.2 Å². The Balaban J connectivity index is 1.49. The van der Waals surface area contributed by atoms with Gasteiger partial charge in [0.1, 0.15) is 0 Å². The Morgan fingerprint density at radius 1 is 0.917 bits per heavy atom. The molecule has 0 bridgehead atoms. The number of thioether (sulfide) groups is 1. The number of hydrogen-bond donors (Lipinski definition) is 0. The summed E-state index contributed by atoms with van der Waals surface area (Å²) in [5, 5.41) is 18.7. The molecule has 1 atom stereocenters. The summed E-state index contributed by atoms with van der Waals surface area (Å²) >= 11 is 2.95. The first-order valence-corrected chi connectivity index (χ1v) is 8.98. The first kappa shape index (κ1) is 15.1. The van der Waals surface area contributed by atoms with Gasteiger partial charge in [-0.25, -0.2) is 0 Å². The van der Waals surface area contributed by atoms with Gasteiger partial charge in [-0.05, 0) is 30.5 Å². The molecule has 0 aliphatic rings. The first-order chi connectivity index (χ1) is 11.8. The van der Waals surface area contributed by atoms with Crippen molar-refractivity contribution in [1.29, 1.82) is 0 Å². The van der Waals surface area contributed by atoms with Gasteiger partial charge in [-0.1, -0.05) is 36.0 Å². The molecule has 0 amide bonds. The van der Waals surface area contributed by atoms with E-state index >= 15 is 0 Å². The Bertz CT molecular complexity index is 919. The van der Waals surface area contributed by atoms with E-state index in [9.17, 15) is 0 Å². The molecule has 24 heavy (non-hydrogen) atoms. The van der Waals surface area contributed by atoms with Crippen molar-refractivity contribution < 1.29 is 8.83 Å². The SMILES string of the molecule is CC(Sc1nnc(-c2ccccc2)o1)c1nnc(-c2cccs2)o1. The predicted molar refractivity (Wildman–Crippen MR) is 91.6 cm³/mol. The molecule has 0 aliphatic carbocycles. The molecule has 3 aromatic heterocycles.